The molecule has 0 aromatic heterocycles. The maximum atomic E-state index is 8.26. The van der Waals surface area contributed by atoms with Crippen LogP contribution in [0.25, 0.3) is 21.5 Å². The number of hydrogen-bond donors (Lipinski definition) is 1. The van der Waals surface area contributed by atoms with E-state index in [1.165, 1.54) is 21.5 Å². The first-order valence-corrected chi connectivity index (χ1v) is 9.26. The quantitative estimate of drug-likeness (QED) is 0.438. The lowest BCUT2D eigenvalue weighted by Gasteiger charge is -2.02. The molecule has 25 heavy (non-hydrogen) atoms. The molecule has 1 heterocycles. The maximum absolute atomic E-state index is 8.26. The van der Waals surface area contributed by atoms with Crippen LogP contribution in [-0.2, 0) is 0 Å². The molecule has 1 N–H and O–H groups in total. The Hall–Kier alpha value is -2.48. The fourth-order valence-corrected chi connectivity index (χ4v) is 4.36. The zero-order chi connectivity index (χ0) is 16.1. The van der Waals surface area contributed by atoms with Gasteiger partial charge in [0, 0.05) is 10.4 Å². The standard InChI is InChI=1S/C20H14N3P.ClH/c21-24-22-17-11-9-13-5-1-3-7-15(13)19(17)20-16-8-4-2-6-14(16)10-12-18(20)23-24;/h1-12,21,24H;1H. The van der Waals surface area contributed by atoms with E-state index < -0.39 is 8.01 Å². The number of fused-ring (bicyclic) bond motifs is 6. The molecule has 4 aromatic rings. The first kappa shape index (κ1) is 16.0. The highest BCUT2D eigenvalue weighted by Crippen LogP contribution is 2.26. The fourth-order valence-electron chi connectivity index (χ4n) is 3.49. The summed E-state index contributed by atoms with van der Waals surface area (Å²) in [7, 11) is -1.89. The first-order chi connectivity index (χ1) is 11.8. The summed E-state index contributed by atoms with van der Waals surface area (Å²) in [6.07, 6.45) is 0. The molecule has 0 saturated carbocycles. The molecular weight excluding hydrogens is 349 g/mol. The van der Waals surface area contributed by atoms with Gasteiger partial charge < -0.3 is 0 Å². The topological polar surface area (TPSA) is 48.6 Å². The predicted octanol–water partition coefficient (Wildman–Crippen LogP) is 4.76. The van der Waals surface area contributed by atoms with Crippen LogP contribution in [0.1, 0.15) is 0 Å². The van der Waals surface area contributed by atoms with Gasteiger partial charge in [-0.1, -0.05) is 60.7 Å². The first-order valence-electron chi connectivity index (χ1n) is 7.87. The van der Waals surface area contributed by atoms with Crippen LogP contribution in [0.3, 0.4) is 0 Å². The van der Waals surface area contributed by atoms with E-state index in [-0.39, 0.29) is 12.4 Å². The Bertz CT molecular complexity index is 1270. The van der Waals surface area contributed by atoms with Crippen LogP contribution in [-0.4, -0.2) is 0 Å². The zero-order valence-corrected chi connectivity index (χ0v) is 15.0. The molecular formula is C20H15ClN3P. The highest BCUT2D eigenvalue weighted by Gasteiger charge is 2.06. The van der Waals surface area contributed by atoms with E-state index in [0.717, 1.165) is 21.2 Å². The summed E-state index contributed by atoms with van der Waals surface area (Å²) in [6.45, 7) is 0. The Morgan fingerprint density at radius 2 is 1.04 bits per heavy atom. The molecule has 0 saturated heterocycles. The summed E-state index contributed by atoms with van der Waals surface area (Å²) in [5, 5.41) is 17.0. The summed E-state index contributed by atoms with van der Waals surface area (Å²) in [5.74, 6) is 0. The molecule has 1 aliphatic heterocycles. The van der Waals surface area contributed by atoms with Crippen molar-refractivity contribution in [2.24, 2.45) is 9.53 Å². The second-order valence-corrected chi connectivity index (χ2v) is 7.00. The number of rotatable bonds is 0. The van der Waals surface area contributed by atoms with Gasteiger partial charge in [0.1, 0.15) is 0 Å². The molecule has 0 fully saturated rings. The van der Waals surface area contributed by atoms with E-state index in [0.29, 0.717) is 0 Å². The lowest BCUT2D eigenvalue weighted by Crippen LogP contribution is -2.08. The molecule has 0 amide bonds. The van der Waals surface area contributed by atoms with Gasteiger partial charge in [0.25, 0.3) is 0 Å². The van der Waals surface area contributed by atoms with Crippen LogP contribution in [0.2, 0.25) is 0 Å². The van der Waals surface area contributed by atoms with Gasteiger partial charge in [0.2, 0.25) is 0 Å². The van der Waals surface area contributed by atoms with Crippen molar-refractivity contribution >= 4 is 42.0 Å². The molecule has 0 unspecified atom stereocenters. The third kappa shape index (κ3) is 2.48. The second kappa shape index (κ2) is 6.11. The predicted molar refractivity (Wildman–Crippen MR) is 106 cm³/mol. The summed E-state index contributed by atoms with van der Waals surface area (Å²) >= 11 is 0. The molecule has 122 valence electrons. The zero-order valence-electron chi connectivity index (χ0n) is 13.2. The average molecular weight is 364 g/mol. The van der Waals surface area contributed by atoms with Crippen LogP contribution in [0.15, 0.2) is 82.3 Å². The van der Waals surface area contributed by atoms with E-state index in [2.05, 4.69) is 70.2 Å². The van der Waals surface area contributed by atoms with Crippen molar-refractivity contribution in [3.8, 4) is 0 Å². The molecule has 0 spiro atoms. The lowest BCUT2D eigenvalue weighted by atomic mass is 10.0. The molecule has 0 bridgehead atoms. The van der Waals surface area contributed by atoms with Crippen molar-refractivity contribution < 1.29 is 0 Å². The van der Waals surface area contributed by atoms with Gasteiger partial charge in [-0.3, -0.25) is 5.16 Å². The Morgan fingerprint density at radius 3 is 1.52 bits per heavy atom. The van der Waals surface area contributed by atoms with Gasteiger partial charge in [-0.05, 0) is 33.7 Å². The minimum absolute atomic E-state index is 0. The molecule has 0 atom stereocenters. The molecule has 3 nitrogen and oxygen atoms in total. The highest BCUT2D eigenvalue weighted by atomic mass is 35.5. The summed E-state index contributed by atoms with van der Waals surface area (Å²) < 4.78 is 9.23. The monoisotopic (exact) mass is 363 g/mol. The molecule has 0 aliphatic carbocycles. The third-order valence-electron chi connectivity index (χ3n) is 4.52. The van der Waals surface area contributed by atoms with E-state index in [1.54, 1.807) is 0 Å². The molecule has 4 aromatic carbocycles. The molecule has 5 rings (SSSR count). The average Bonchev–Trinajstić information content (AvgIpc) is 2.77. The lowest BCUT2D eigenvalue weighted by molar-refractivity contribution is 1.39. The normalized spacial score (nSPS) is 13.1. The van der Waals surface area contributed by atoms with Crippen LogP contribution in [0.5, 0.6) is 0 Å². The molecule has 5 heteroatoms. The Labute approximate surface area is 150 Å². The van der Waals surface area contributed by atoms with E-state index in [9.17, 15) is 0 Å². The van der Waals surface area contributed by atoms with Gasteiger partial charge in [-0.15, -0.1) is 12.4 Å². The number of halogens is 1. The molecule has 1 aliphatic rings. The van der Waals surface area contributed by atoms with Crippen LogP contribution >= 0.6 is 20.4 Å². The van der Waals surface area contributed by atoms with Crippen molar-refractivity contribution in [3.63, 3.8) is 0 Å². The van der Waals surface area contributed by atoms with Gasteiger partial charge in [0.05, 0.1) is 10.7 Å². The Kier molecular flexibility index (Phi) is 3.91. The largest absolute Gasteiger partial charge is 0.280 e. The SMILES string of the molecule is Cl.N=[PH]1N=c2ccc3ccccc3c2=c2c(ccc3ccccc23)=N1. The minimum atomic E-state index is -1.89. The van der Waals surface area contributed by atoms with Crippen LogP contribution < -0.4 is 10.7 Å². The van der Waals surface area contributed by atoms with Crippen LogP contribution in [0, 0.1) is 15.6 Å². The van der Waals surface area contributed by atoms with Gasteiger partial charge in [0.15, 0.2) is 8.01 Å². The second-order valence-electron chi connectivity index (χ2n) is 5.91. The number of benzene rings is 4. The van der Waals surface area contributed by atoms with Crippen molar-refractivity contribution in [3.05, 3.63) is 93.9 Å². The smallest absolute Gasteiger partial charge is 0.167 e. The fraction of sp³-hybridized carbons (Fsp3) is 0. The number of nitrogens with one attached hydrogen (secondary N) is 1. The van der Waals surface area contributed by atoms with E-state index in [4.69, 9.17) is 5.16 Å². The van der Waals surface area contributed by atoms with Gasteiger partial charge in [-0.2, -0.15) is 0 Å². The Balaban J connectivity index is 0.00000157. The van der Waals surface area contributed by atoms with Crippen LogP contribution in [0.4, 0.5) is 0 Å². The summed E-state index contributed by atoms with van der Waals surface area (Å²) in [6, 6.07) is 25.0. The van der Waals surface area contributed by atoms with Crippen molar-refractivity contribution in [2.45, 2.75) is 0 Å². The number of nitrogens with zero attached hydrogens (tertiary/aromatic N) is 2. The number of hydrogen-bond acceptors (Lipinski definition) is 1. The van der Waals surface area contributed by atoms with Gasteiger partial charge in [-0.25, -0.2) is 9.53 Å². The Morgan fingerprint density at radius 1 is 0.600 bits per heavy atom. The maximum Gasteiger partial charge on any atom is 0.167 e. The third-order valence-corrected chi connectivity index (χ3v) is 5.42. The molecule has 0 radical (unpaired) electrons. The van der Waals surface area contributed by atoms with E-state index >= 15 is 0 Å². The van der Waals surface area contributed by atoms with E-state index in [1.807, 2.05) is 12.1 Å². The summed E-state index contributed by atoms with van der Waals surface area (Å²) in [4.78, 5) is 0. The van der Waals surface area contributed by atoms with Gasteiger partial charge >= 0.3 is 0 Å². The summed E-state index contributed by atoms with van der Waals surface area (Å²) in [5.41, 5.74) is 0. The van der Waals surface area contributed by atoms with Crippen molar-refractivity contribution in [1.82, 2.24) is 0 Å². The minimum Gasteiger partial charge on any atom is -0.280 e. The highest BCUT2D eigenvalue weighted by molar-refractivity contribution is 7.42. The van der Waals surface area contributed by atoms with Crippen molar-refractivity contribution in [1.29, 1.82) is 5.16 Å². The van der Waals surface area contributed by atoms with Crippen molar-refractivity contribution in [2.75, 3.05) is 0 Å².